The van der Waals surface area contributed by atoms with Crippen molar-refractivity contribution in [2.45, 2.75) is 26.8 Å². The Morgan fingerprint density at radius 1 is 1.12 bits per heavy atom. The van der Waals surface area contributed by atoms with Gasteiger partial charge in [0.05, 0.1) is 12.2 Å². The third-order valence-corrected chi connectivity index (χ3v) is 4.23. The second kappa shape index (κ2) is 6.01. The molecule has 0 atom stereocenters. The number of alkyl halides is 2. The minimum absolute atomic E-state index is 0.431. The molecule has 9 heteroatoms. The number of aryl methyl sites for hydroxylation is 2. The summed E-state index contributed by atoms with van der Waals surface area (Å²) in [6.45, 7) is 3.09. The number of nitrogens with zero attached hydrogens (tertiary/aromatic N) is 6. The van der Waals surface area contributed by atoms with Crippen LogP contribution in [-0.2, 0) is 6.54 Å². The molecule has 4 heterocycles. The molecule has 7 nitrogen and oxygen atoms in total. The highest BCUT2D eigenvalue weighted by molar-refractivity contribution is 5.88. The molecule has 0 spiro atoms. The van der Waals surface area contributed by atoms with Gasteiger partial charge in [0, 0.05) is 18.8 Å². The van der Waals surface area contributed by atoms with Crippen LogP contribution in [0.3, 0.4) is 0 Å². The predicted molar refractivity (Wildman–Crippen MR) is 94.5 cm³/mol. The quantitative estimate of drug-likeness (QED) is 0.608. The van der Waals surface area contributed by atoms with Crippen molar-refractivity contribution in [1.82, 2.24) is 29.1 Å². The van der Waals surface area contributed by atoms with Crippen molar-refractivity contribution in [3.63, 3.8) is 0 Å². The summed E-state index contributed by atoms with van der Waals surface area (Å²) in [6.07, 6.45) is -0.646. The van der Waals surface area contributed by atoms with Gasteiger partial charge in [0.15, 0.2) is 11.5 Å². The Labute approximate surface area is 147 Å². The maximum Gasteiger partial charge on any atom is 0.256 e. The average Bonchev–Trinajstić information content (AvgIpc) is 3.15. The summed E-state index contributed by atoms with van der Waals surface area (Å²) in [5.74, 6) is 1.83. The Morgan fingerprint density at radius 2 is 1.92 bits per heavy atom. The van der Waals surface area contributed by atoms with Gasteiger partial charge in [-0.2, -0.15) is 5.10 Å². The molecule has 0 saturated heterocycles. The number of pyridine rings is 1. The molecule has 0 aliphatic heterocycles. The summed E-state index contributed by atoms with van der Waals surface area (Å²) in [6, 6.07) is 5.51. The first-order valence-electron chi connectivity index (χ1n) is 8.14. The van der Waals surface area contributed by atoms with Crippen molar-refractivity contribution in [2.24, 2.45) is 0 Å². The van der Waals surface area contributed by atoms with E-state index in [1.54, 1.807) is 24.6 Å². The standard InChI is InChI=1S/C17H17F2N7/c1-9-21-16(20-3)15-11(6-7-26(15)24-9)12-4-5-13-17(23-12)25(8-14(18)19)10(2)22-13/h4-7,14H,8H2,1-3H3,(H,20,21,24). The lowest BCUT2D eigenvalue weighted by atomic mass is 10.2. The van der Waals surface area contributed by atoms with Crippen LogP contribution in [0.15, 0.2) is 24.4 Å². The molecule has 26 heavy (non-hydrogen) atoms. The van der Waals surface area contributed by atoms with Crippen LogP contribution in [0.5, 0.6) is 0 Å². The Morgan fingerprint density at radius 3 is 2.65 bits per heavy atom. The van der Waals surface area contributed by atoms with E-state index in [0.717, 1.165) is 11.1 Å². The first-order chi connectivity index (χ1) is 12.5. The van der Waals surface area contributed by atoms with Gasteiger partial charge in [0.1, 0.15) is 22.7 Å². The van der Waals surface area contributed by atoms with Crippen LogP contribution in [-0.4, -0.2) is 42.6 Å². The molecular weight excluding hydrogens is 340 g/mol. The maximum atomic E-state index is 12.9. The minimum atomic E-state index is -2.47. The highest BCUT2D eigenvalue weighted by Gasteiger charge is 2.17. The Kier molecular flexibility index (Phi) is 3.78. The summed E-state index contributed by atoms with van der Waals surface area (Å²) in [7, 11) is 1.79. The van der Waals surface area contributed by atoms with E-state index in [1.807, 2.05) is 25.3 Å². The molecule has 134 valence electrons. The number of imidazole rings is 1. The maximum absolute atomic E-state index is 12.9. The van der Waals surface area contributed by atoms with E-state index >= 15 is 0 Å². The lowest BCUT2D eigenvalue weighted by Crippen LogP contribution is -2.09. The van der Waals surface area contributed by atoms with E-state index < -0.39 is 13.0 Å². The monoisotopic (exact) mass is 357 g/mol. The molecule has 0 radical (unpaired) electrons. The molecule has 0 amide bonds. The van der Waals surface area contributed by atoms with Gasteiger partial charge < -0.3 is 9.88 Å². The van der Waals surface area contributed by atoms with Crippen LogP contribution < -0.4 is 5.32 Å². The van der Waals surface area contributed by atoms with Crippen molar-refractivity contribution < 1.29 is 8.78 Å². The smallest absolute Gasteiger partial charge is 0.256 e. The number of rotatable bonds is 4. The van der Waals surface area contributed by atoms with Gasteiger partial charge >= 0.3 is 0 Å². The molecule has 0 fully saturated rings. The van der Waals surface area contributed by atoms with Crippen molar-refractivity contribution in [1.29, 1.82) is 0 Å². The Hall–Kier alpha value is -3.10. The molecule has 0 aromatic carbocycles. The van der Waals surface area contributed by atoms with Gasteiger partial charge in [-0.15, -0.1) is 0 Å². The van der Waals surface area contributed by atoms with Gasteiger partial charge in [-0.05, 0) is 32.0 Å². The van der Waals surface area contributed by atoms with Crippen LogP contribution in [0.4, 0.5) is 14.6 Å². The third kappa shape index (κ3) is 2.56. The van der Waals surface area contributed by atoms with Crippen LogP contribution in [0.25, 0.3) is 27.9 Å². The fourth-order valence-corrected chi connectivity index (χ4v) is 3.14. The fourth-order valence-electron chi connectivity index (χ4n) is 3.14. The number of aromatic nitrogens is 6. The second-order valence-corrected chi connectivity index (χ2v) is 5.98. The molecule has 0 aliphatic rings. The zero-order valence-electron chi connectivity index (χ0n) is 14.5. The number of hydrogen-bond donors (Lipinski definition) is 1. The van der Waals surface area contributed by atoms with Crippen molar-refractivity contribution >= 4 is 22.5 Å². The largest absolute Gasteiger partial charge is 0.371 e. The molecule has 0 bridgehead atoms. The molecular formula is C17H17F2N7. The lowest BCUT2D eigenvalue weighted by Gasteiger charge is -2.08. The van der Waals surface area contributed by atoms with Crippen molar-refractivity contribution in [3.05, 3.63) is 36.0 Å². The number of hydrogen-bond acceptors (Lipinski definition) is 5. The SMILES string of the molecule is CNc1nc(C)nn2ccc(-c3ccc4nc(C)n(CC(F)F)c4n3)c12. The normalized spacial score (nSPS) is 11.8. The van der Waals surface area contributed by atoms with E-state index in [4.69, 9.17) is 0 Å². The summed E-state index contributed by atoms with van der Waals surface area (Å²) in [4.78, 5) is 13.3. The van der Waals surface area contributed by atoms with E-state index in [0.29, 0.717) is 34.3 Å². The Balaban J connectivity index is 1.93. The Bertz CT molecular complexity index is 1110. The second-order valence-electron chi connectivity index (χ2n) is 5.98. The van der Waals surface area contributed by atoms with Crippen molar-refractivity contribution in [3.8, 4) is 11.3 Å². The lowest BCUT2D eigenvalue weighted by molar-refractivity contribution is 0.127. The van der Waals surface area contributed by atoms with Gasteiger partial charge in [-0.1, -0.05) is 0 Å². The predicted octanol–water partition coefficient (Wildman–Crippen LogP) is 3.06. The van der Waals surface area contributed by atoms with Crippen LogP contribution in [0.1, 0.15) is 11.6 Å². The summed E-state index contributed by atoms with van der Waals surface area (Å²) in [5, 5.41) is 7.44. The summed E-state index contributed by atoms with van der Waals surface area (Å²) < 4.78 is 29.0. The first kappa shape index (κ1) is 16.4. The van der Waals surface area contributed by atoms with Crippen molar-refractivity contribution in [2.75, 3.05) is 12.4 Å². The van der Waals surface area contributed by atoms with Gasteiger partial charge in [0.25, 0.3) is 6.43 Å². The average molecular weight is 357 g/mol. The summed E-state index contributed by atoms with van der Waals surface area (Å²) >= 11 is 0. The summed E-state index contributed by atoms with van der Waals surface area (Å²) in [5.41, 5.74) is 3.29. The molecule has 4 rings (SSSR count). The highest BCUT2D eigenvalue weighted by Crippen LogP contribution is 2.29. The first-order valence-corrected chi connectivity index (χ1v) is 8.14. The highest BCUT2D eigenvalue weighted by atomic mass is 19.3. The van der Waals surface area contributed by atoms with Crippen LogP contribution in [0, 0.1) is 13.8 Å². The minimum Gasteiger partial charge on any atom is -0.371 e. The molecule has 4 aromatic rings. The molecule has 4 aromatic heterocycles. The molecule has 0 aliphatic carbocycles. The fraction of sp³-hybridized carbons (Fsp3) is 0.294. The third-order valence-electron chi connectivity index (χ3n) is 4.23. The molecule has 0 unspecified atom stereocenters. The number of fused-ring (bicyclic) bond motifs is 2. The number of nitrogens with one attached hydrogen (secondary N) is 1. The number of anilines is 1. The van der Waals surface area contributed by atoms with E-state index in [1.165, 1.54) is 4.57 Å². The van der Waals surface area contributed by atoms with Gasteiger partial charge in [0.2, 0.25) is 0 Å². The zero-order valence-corrected chi connectivity index (χ0v) is 14.5. The van der Waals surface area contributed by atoms with Gasteiger partial charge in [-0.25, -0.2) is 28.2 Å². The number of halogens is 2. The van der Waals surface area contributed by atoms with Crippen LogP contribution >= 0.6 is 0 Å². The van der Waals surface area contributed by atoms with E-state index in [-0.39, 0.29) is 0 Å². The van der Waals surface area contributed by atoms with E-state index in [2.05, 4.69) is 25.4 Å². The molecule has 1 N–H and O–H groups in total. The molecule has 0 saturated carbocycles. The van der Waals surface area contributed by atoms with Crippen LogP contribution in [0.2, 0.25) is 0 Å². The topological polar surface area (TPSA) is 72.9 Å². The van der Waals surface area contributed by atoms with Gasteiger partial charge in [-0.3, -0.25) is 0 Å². The zero-order chi connectivity index (χ0) is 18.4. The van der Waals surface area contributed by atoms with E-state index in [9.17, 15) is 8.78 Å².